The lowest BCUT2D eigenvalue weighted by Crippen LogP contribution is -2.21. The number of rotatable bonds is 7. The molecule has 0 spiro atoms. The summed E-state index contributed by atoms with van der Waals surface area (Å²) in [5.41, 5.74) is 0.747. The molecule has 0 aliphatic carbocycles. The number of esters is 1. The maximum atomic E-state index is 12.2. The number of carbonyl (C=O) groups is 2. The molecule has 0 atom stereocenters. The molecule has 0 unspecified atom stereocenters. The standard InChI is InChI=1S/C18H17BrClNO5/c1-3-25-17-14(19)7-11(8-15(17)24-2)18(23)26-10-16(22)21-13-6-4-5-12(20)9-13/h4-9H,3,10H2,1-2H3,(H,21,22). The summed E-state index contributed by atoms with van der Waals surface area (Å²) in [7, 11) is 1.47. The number of amides is 1. The Morgan fingerprint density at radius 3 is 2.65 bits per heavy atom. The molecule has 0 bridgehead atoms. The van der Waals surface area contributed by atoms with Gasteiger partial charge in [-0.25, -0.2) is 4.79 Å². The zero-order chi connectivity index (χ0) is 19.1. The molecule has 0 aromatic heterocycles. The van der Waals surface area contributed by atoms with Crippen LogP contribution in [0.4, 0.5) is 5.69 Å². The Kier molecular flexibility index (Phi) is 7.29. The van der Waals surface area contributed by atoms with Gasteiger partial charge in [-0.3, -0.25) is 4.79 Å². The van der Waals surface area contributed by atoms with Crippen LogP contribution in [0.3, 0.4) is 0 Å². The van der Waals surface area contributed by atoms with Crippen LogP contribution < -0.4 is 14.8 Å². The molecule has 0 aliphatic rings. The van der Waals surface area contributed by atoms with Gasteiger partial charge in [-0.1, -0.05) is 17.7 Å². The average molecular weight is 443 g/mol. The summed E-state index contributed by atoms with van der Waals surface area (Å²) in [6, 6.07) is 9.70. The van der Waals surface area contributed by atoms with Gasteiger partial charge in [0, 0.05) is 10.7 Å². The second-order valence-electron chi connectivity index (χ2n) is 5.06. The Hall–Kier alpha value is -2.25. The van der Waals surface area contributed by atoms with Crippen molar-refractivity contribution in [3.63, 3.8) is 0 Å². The molecule has 0 radical (unpaired) electrons. The van der Waals surface area contributed by atoms with Crippen molar-refractivity contribution in [2.75, 3.05) is 25.6 Å². The van der Waals surface area contributed by atoms with Gasteiger partial charge in [-0.05, 0) is 53.2 Å². The lowest BCUT2D eigenvalue weighted by Gasteiger charge is -2.13. The van der Waals surface area contributed by atoms with Gasteiger partial charge in [0.05, 0.1) is 23.8 Å². The van der Waals surface area contributed by atoms with Crippen molar-refractivity contribution < 1.29 is 23.8 Å². The van der Waals surface area contributed by atoms with E-state index >= 15 is 0 Å². The van der Waals surface area contributed by atoms with Gasteiger partial charge in [0.15, 0.2) is 18.1 Å². The number of ether oxygens (including phenoxy) is 3. The topological polar surface area (TPSA) is 73.9 Å². The molecule has 0 saturated heterocycles. The van der Waals surface area contributed by atoms with E-state index in [0.29, 0.717) is 33.3 Å². The highest BCUT2D eigenvalue weighted by atomic mass is 79.9. The van der Waals surface area contributed by atoms with Crippen molar-refractivity contribution in [1.82, 2.24) is 0 Å². The van der Waals surface area contributed by atoms with E-state index in [4.69, 9.17) is 25.8 Å². The zero-order valence-electron chi connectivity index (χ0n) is 14.2. The van der Waals surface area contributed by atoms with E-state index in [9.17, 15) is 9.59 Å². The summed E-state index contributed by atoms with van der Waals surface area (Å²) in [4.78, 5) is 24.1. The number of hydrogen-bond acceptors (Lipinski definition) is 5. The van der Waals surface area contributed by atoms with Crippen molar-refractivity contribution in [1.29, 1.82) is 0 Å². The van der Waals surface area contributed by atoms with Crippen LogP contribution in [-0.4, -0.2) is 32.2 Å². The highest BCUT2D eigenvalue weighted by Gasteiger charge is 2.17. The monoisotopic (exact) mass is 441 g/mol. The third kappa shape index (κ3) is 5.37. The first-order valence-electron chi connectivity index (χ1n) is 7.67. The molecule has 6 nitrogen and oxygen atoms in total. The maximum absolute atomic E-state index is 12.2. The van der Waals surface area contributed by atoms with E-state index in [1.807, 2.05) is 6.92 Å². The highest BCUT2D eigenvalue weighted by Crippen LogP contribution is 2.36. The summed E-state index contributed by atoms with van der Waals surface area (Å²) in [5.74, 6) is -0.257. The number of carbonyl (C=O) groups excluding carboxylic acids is 2. The lowest BCUT2D eigenvalue weighted by molar-refractivity contribution is -0.119. The van der Waals surface area contributed by atoms with Crippen molar-refractivity contribution in [3.8, 4) is 11.5 Å². The Morgan fingerprint density at radius 1 is 1.23 bits per heavy atom. The lowest BCUT2D eigenvalue weighted by atomic mass is 10.2. The molecule has 2 aromatic rings. The largest absolute Gasteiger partial charge is 0.493 e. The summed E-state index contributed by atoms with van der Waals surface area (Å²) >= 11 is 9.19. The normalized spacial score (nSPS) is 10.2. The number of methoxy groups -OCH3 is 1. The number of halogens is 2. The fourth-order valence-corrected chi connectivity index (χ4v) is 2.85. The first-order valence-corrected chi connectivity index (χ1v) is 8.84. The average Bonchev–Trinajstić information content (AvgIpc) is 2.61. The Bertz CT molecular complexity index is 812. The van der Waals surface area contributed by atoms with E-state index in [-0.39, 0.29) is 5.56 Å². The Morgan fingerprint density at radius 2 is 2.00 bits per heavy atom. The molecule has 1 amide bonds. The van der Waals surface area contributed by atoms with Crippen LogP contribution >= 0.6 is 27.5 Å². The Labute approximate surface area is 164 Å². The zero-order valence-corrected chi connectivity index (χ0v) is 16.5. The predicted molar refractivity (Wildman–Crippen MR) is 102 cm³/mol. The molecule has 138 valence electrons. The summed E-state index contributed by atoms with van der Waals surface area (Å²) in [5, 5.41) is 3.09. The quantitative estimate of drug-likeness (QED) is 0.647. The van der Waals surface area contributed by atoms with E-state index < -0.39 is 18.5 Å². The maximum Gasteiger partial charge on any atom is 0.338 e. The second kappa shape index (κ2) is 9.45. The summed E-state index contributed by atoms with van der Waals surface area (Å²) < 4.78 is 16.3. The SMILES string of the molecule is CCOc1c(Br)cc(C(=O)OCC(=O)Nc2cccc(Cl)c2)cc1OC. The van der Waals surface area contributed by atoms with Crippen molar-refractivity contribution in [2.24, 2.45) is 0 Å². The van der Waals surface area contributed by atoms with Crippen molar-refractivity contribution in [3.05, 3.63) is 51.5 Å². The Balaban J connectivity index is 2.01. The van der Waals surface area contributed by atoms with Gasteiger partial charge in [-0.2, -0.15) is 0 Å². The van der Waals surface area contributed by atoms with Gasteiger partial charge in [0.1, 0.15) is 0 Å². The molecule has 2 rings (SSSR count). The minimum Gasteiger partial charge on any atom is -0.493 e. The predicted octanol–water partition coefficient (Wildman–Crippen LogP) is 4.31. The molecule has 1 N–H and O–H groups in total. The van der Waals surface area contributed by atoms with Crippen LogP contribution in [-0.2, 0) is 9.53 Å². The third-order valence-electron chi connectivity index (χ3n) is 3.20. The van der Waals surface area contributed by atoms with Gasteiger partial charge in [0.2, 0.25) is 0 Å². The number of anilines is 1. The smallest absolute Gasteiger partial charge is 0.338 e. The van der Waals surface area contributed by atoms with Gasteiger partial charge < -0.3 is 19.5 Å². The van der Waals surface area contributed by atoms with Gasteiger partial charge in [-0.15, -0.1) is 0 Å². The van der Waals surface area contributed by atoms with Crippen molar-refractivity contribution in [2.45, 2.75) is 6.92 Å². The van der Waals surface area contributed by atoms with Crippen LogP contribution in [0.2, 0.25) is 5.02 Å². The minimum absolute atomic E-state index is 0.229. The molecule has 0 saturated carbocycles. The first kappa shape index (κ1) is 20.1. The fraction of sp³-hybridized carbons (Fsp3) is 0.222. The number of benzene rings is 2. The molecule has 8 heteroatoms. The summed E-state index contributed by atoms with van der Waals surface area (Å²) in [6.07, 6.45) is 0. The van der Waals surface area contributed by atoms with Crippen LogP contribution in [0.1, 0.15) is 17.3 Å². The number of nitrogens with one attached hydrogen (secondary N) is 1. The molecule has 0 heterocycles. The molecule has 2 aromatic carbocycles. The van der Waals surface area contributed by atoms with E-state index in [0.717, 1.165) is 0 Å². The highest BCUT2D eigenvalue weighted by molar-refractivity contribution is 9.10. The third-order valence-corrected chi connectivity index (χ3v) is 4.02. The van der Waals surface area contributed by atoms with Crippen molar-refractivity contribution >= 4 is 45.1 Å². The van der Waals surface area contributed by atoms with Gasteiger partial charge >= 0.3 is 5.97 Å². The molecular formula is C18H17BrClNO5. The van der Waals surface area contributed by atoms with Gasteiger partial charge in [0.25, 0.3) is 5.91 Å². The van der Waals surface area contributed by atoms with Crippen LogP contribution in [0.5, 0.6) is 11.5 Å². The minimum atomic E-state index is -0.659. The van der Waals surface area contributed by atoms with E-state index in [1.165, 1.54) is 13.2 Å². The molecule has 0 aliphatic heterocycles. The second-order valence-corrected chi connectivity index (χ2v) is 6.35. The molecular weight excluding hydrogens is 426 g/mol. The van der Waals surface area contributed by atoms with Crippen LogP contribution in [0.15, 0.2) is 40.9 Å². The first-order chi connectivity index (χ1) is 12.4. The summed E-state index contributed by atoms with van der Waals surface area (Å²) in [6.45, 7) is 1.85. The molecule has 0 fully saturated rings. The molecule has 26 heavy (non-hydrogen) atoms. The van der Waals surface area contributed by atoms with E-state index in [2.05, 4.69) is 21.2 Å². The number of hydrogen-bond donors (Lipinski definition) is 1. The van der Waals surface area contributed by atoms with Crippen LogP contribution in [0, 0.1) is 0 Å². The fourth-order valence-electron chi connectivity index (χ4n) is 2.10. The van der Waals surface area contributed by atoms with Crippen LogP contribution in [0.25, 0.3) is 0 Å². The van der Waals surface area contributed by atoms with E-state index in [1.54, 1.807) is 30.3 Å².